The second kappa shape index (κ2) is 7.53. The van der Waals surface area contributed by atoms with E-state index in [4.69, 9.17) is 15.2 Å². The predicted molar refractivity (Wildman–Crippen MR) is 95.9 cm³/mol. The molecule has 9 heteroatoms. The minimum absolute atomic E-state index is 0.0578. The van der Waals surface area contributed by atoms with Crippen molar-refractivity contribution in [2.45, 2.75) is 75.3 Å². The molecule has 2 aliphatic rings. The highest BCUT2D eigenvalue weighted by molar-refractivity contribution is 6.58. The lowest BCUT2D eigenvalue weighted by molar-refractivity contribution is -0.103. The SMILES string of the molecule is C[SiH](C)[C@]1(n2cnc(N)nc2=O)C[C@H](O)[C@@H](COC2CCCCC2)O1. The van der Waals surface area contributed by atoms with Crippen molar-refractivity contribution in [3.8, 4) is 0 Å². The number of hydrogen-bond acceptors (Lipinski definition) is 7. The van der Waals surface area contributed by atoms with Crippen molar-refractivity contribution < 1.29 is 14.6 Å². The number of nitrogen functional groups attached to an aromatic ring is 1. The van der Waals surface area contributed by atoms with Gasteiger partial charge in [0.2, 0.25) is 5.95 Å². The van der Waals surface area contributed by atoms with E-state index >= 15 is 0 Å². The Labute approximate surface area is 149 Å². The maximum Gasteiger partial charge on any atom is 0.354 e. The van der Waals surface area contributed by atoms with Gasteiger partial charge in [0.15, 0.2) is 0 Å². The van der Waals surface area contributed by atoms with Gasteiger partial charge in [0.1, 0.15) is 17.8 Å². The molecule has 0 aromatic carbocycles. The first-order chi connectivity index (χ1) is 11.9. The summed E-state index contributed by atoms with van der Waals surface area (Å²) in [7, 11) is -1.56. The minimum Gasteiger partial charge on any atom is -0.390 e. The quantitative estimate of drug-likeness (QED) is 0.723. The summed E-state index contributed by atoms with van der Waals surface area (Å²) in [4.78, 5) is 20.0. The van der Waals surface area contributed by atoms with Gasteiger partial charge in [-0.05, 0) is 12.8 Å². The van der Waals surface area contributed by atoms with E-state index in [0.717, 1.165) is 12.8 Å². The Balaban J connectivity index is 1.76. The third-order valence-corrected chi connectivity index (χ3v) is 7.82. The van der Waals surface area contributed by atoms with Crippen LogP contribution in [0.2, 0.25) is 13.1 Å². The minimum atomic E-state index is -1.56. The van der Waals surface area contributed by atoms with Crippen LogP contribution < -0.4 is 11.4 Å². The fourth-order valence-corrected chi connectivity index (χ4v) is 5.73. The van der Waals surface area contributed by atoms with E-state index in [1.165, 1.54) is 30.2 Å². The molecule has 1 aliphatic carbocycles. The van der Waals surface area contributed by atoms with Crippen molar-refractivity contribution in [1.29, 1.82) is 0 Å². The van der Waals surface area contributed by atoms with Gasteiger partial charge in [-0.3, -0.25) is 4.57 Å². The van der Waals surface area contributed by atoms with Crippen LogP contribution in [-0.2, 0) is 14.8 Å². The summed E-state index contributed by atoms with van der Waals surface area (Å²) in [6.07, 6.45) is 6.65. The molecule has 3 N–H and O–H groups in total. The van der Waals surface area contributed by atoms with E-state index in [1.807, 2.05) is 0 Å². The zero-order valence-corrected chi connectivity index (χ0v) is 16.1. The van der Waals surface area contributed by atoms with Gasteiger partial charge >= 0.3 is 5.69 Å². The zero-order valence-electron chi connectivity index (χ0n) is 14.9. The molecule has 1 aliphatic heterocycles. The molecule has 3 rings (SSSR count). The molecule has 2 fully saturated rings. The molecule has 1 saturated heterocycles. The van der Waals surface area contributed by atoms with Gasteiger partial charge in [0, 0.05) is 6.42 Å². The first kappa shape index (κ1) is 18.5. The number of anilines is 1. The Morgan fingerprint density at radius 1 is 1.44 bits per heavy atom. The third-order valence-electron chi connectivity index (χ3n) is 5.37. The van der Waals surface area contributed by atoms with Crippen LogP contribution in [0.4, 0.5) is 5.95 Å². The summed E-state index contributed by atoms with van der Waals surface area (Å²) in [5.41, 5.74) is 5.00. The van der Waals surface area contributed by atoms with Crippen LogP contribution in [0.5, 0.6) is 0 Å². The Bertz CT molecular complexity index is 649. The molecule has 25 heavy (non-hydrogen) atoms. The molecule has 1 aromatic heterocycles. The van der Waals surface area contributed by atoms with Gasteiger partial charge in [-0.25, -0.2) is 9.78 Å². The first-order valence-electron chi connectivity index (χ1n) is 9.11. The Morgan fingerprint density at radius 3 is 2.80 bits per heavy atom. The van der Waals surface area contributed by atoms with Gasteiger partial charge in [-0.1, -0.05) is 32.4 Å². The summed E-state index contributed by atoms with van der Waals surface area (Å²) >= 11 is 0. The number of aliphatic hydroxyl groups is 1. The summed E-state index contributed by atoms with van der Waals surface area (Å²) in [6, 6.07) is 0. The van der Waals surface area contributed by atoms with Crippen molar-refractivity contribution in [3.63, 3.8) is 0 Å². The Hall–Kier alpha value is -1.29. The fourth-order valence-electron chi connectivity index (χ4n) is 3.84. The summed E-state index contributed by atoms with van der Waals surface area (Å²) < 4.78 is 13.6. The third kappa shape index (κ3) is 3.79. The van der Waals surface area contributed by atoms with Crippen LogP contribution in [-0.4, -0.2) is 53.4 Å². The molecule has 0 bridgehead atoms. The van der Waals surface area contributed by atoms with Crippen LogP contribution in [0.3, 0.4) is 0 Å². The van der Waals surface area contributed by atoms with Crippen LogP contribution >= 0.6 is 0 Å². The highest BCUT2D eigenvalue weighted by atomic mass is 28.3. The number of hydrogen-bond donors (Lipinski definition) is 2. The maximum absolute atomic E-state index is 12.3. The van der Waals surface area contributed by atoms with E-state index in [2.05, 4.69) is 23.1 Å². The standard InChI is InChI=1S/C16H28N4O4Si/c1-25(2)16(20-10-18-14(17)19-15(20)22)8-12(21)13(24-16)9-23-11-6-4-3-5-7-11/h10-13,21,25H,3-9H2,1-2H3,(H2,17,19,22)/t12-,13+,16-/m0/s1. The number of nitrogens with two attached hydrogens (primary N) is 1. The number of rotatable bonds is 5. The van der Waals surface area contributed by atoms with Gasteiger partial charge < -0.3 is 20.3 Å². The number of aromatic nitrogens is 3. The second-order valence-electron chi connectivity index (χ2n) is 7.39. The van der Waals surface area contributed by atoms with Crippen molar-refractivity contribution in [2.24, 2.45) is 0 Å². The molecule has 0 unspecified atom stereocenters. The van der Waals surface area contributed by atoms with E-state index in [9.17, 15) is 9.90 Å². The smallest absolute Gasteiger partial charge is 0.354 e. The lowest BCUT2D eigenvalue weighted by Crippen LogP contribution is -2.51. The van der Waals surface area contributed by atoms with E-state index in [1.54, 1.807) is 0 Å². The van der Waals surface area contributed by atoms with Gasteiger partial charge in [0.25, 0.3) is 0 Å². The molecule has 1 saturated carbocycles. The molecular weight excluding hydrogens is 340 g/mol. The van der Waals surface area contributed by atoms with E-state index in [0.29, 0.717) is 13.0 Å². The molecule has 140 valence electrons. The molecule has 3 atom stereocenters. The highest BCUT2D eigenvalue weighted by Crippen LogP contribution is 2.37. The van der Waals surface area contributed by atoms with Crippen LogP contribution in [0, 0.1) is 0 Å². The van der Waals surface area contributed by atoms with Crippen LogP contribution in [0.1, 0.15) is 38.5 Å². The van der Waals surface area contributed by atoms with Crippen molar-refractivity contribution in [3.05, 3.63) is 16.8 Å². The van der Waals surface area contributed by atoms with Gasteiger partial charge in [-0.15, -0.1) is 0 Å². The average Bonchev–Trinajstić information content (AvgIpc) is 2.91. The summed E-state index contributed by atoms with van der Waals surface area (Å²) in [6.45, 7) is 4.51. The average molecular weight is 369 g/mol. The number of nitrogens with zero attached hydrogens (tertiary/aromatic N) is 3. The second-order valence-corrected chi connectivity index (χ2v) is 10.6. The van der Waals surface area contributed by atoms with Crippen molar-refractivity contribution in [1.82, 2.24) is 14.5 Å². The Morgan fingerprint density at radius 2 is 2.16 bits per heavy atom. The van der Waals surface area contributed by atoms with Gasteiger partial charge in [-0.2, -0.15) is 4.98 Å². The number of ether oxygens (including phenoxy) is 2. The number of aliphatic hydroxyl groups excluding tert-OH is 1. The zero-order chi connectivity index (χ0) is 18.0. The first-order valence-corrected chi connectivity index (χ1v) is 12.0. The molecule has 2 heterocycles. The van der Waals surface area contributed by atoms with Crippen LogP contribution in [0.25, 0.3) is 0 Å². The molecular formula is C16H28N4O4Si. The largest absolute Gasteiger partial charge is 0.390 e. The Kier molecular flexibility index (Phi) is 5.57. The van der Waals surface area contributed by atoms with Crippen molar-refractivity contribution >= 4 is 14.7 Å². The van der Waals surface area contributed by atoms with Crippen molar-refractivity contribution in [2.75, 3.05) is 12.3 Å². The van der Waals surface area contributed by atoms with Crippen LogP contribution in [0.15, 0.2) is 11.1 Å². The molecule has 0 spiro atoms. The summed E-state index contributed by atoms with van der Waals surface area (Å²) in [5, 5.41) is 9.69. The monoisotopic (exact) mass is 368 g/mol. The summed E-state index contributed by atoms with van der Waals surface area (Å²) in [5.74, 6) is -0.0578. The fraction of sp³-hybridized carbons (Fsp3) is 0.812. The topological polar surface area (TPSA) is 112 Å². The van der Waals surface area contributed by atoms with E-state index in [-0.39, 0.29) is 12.1 Å². The molecule has 0 radical (unpaired) electrons. The predicted octanol–water partition coefficient (Wildman–Crippen LogP) is 0.398. The normalized spacial score (nSPS) is 30.9. The lowest BCUT2D eigenvalue weighted by Gasteiger charge is -2.34. The molecule has 8 nitrogen and oxygen atoms in total. The van der Waals surface area contributed by atoms with E-state index < -0.39 is 32.0 Å². The van der Waals surface area contributed by atoms with Gasteiger partial charge in [0.05, 0.1) is 27.6 Å². The molecule has 0 amide bonds. The molecule has 1 aromatic rings. The lowest BCUT2D eigenvalue weighted by atomic mass is 9.98. The highest BCUT2D eigenvalue weighted by Gasteiger charge is 2.50. The maximum atomic E-state index is 12.3.